The van der Waals surface area contributed by atoms with Crippen LogP contribution in [0.25, 0.3) is 5.69 Å². The Labute approximate surface area is 88.8 Å². The van der Waals surface area contributed by atoms with Gasteiger partial charge < -0.3 is 5.73 Å². The van der Waals surface area contributed by atoms with Crippen LogP contribution in [0, 0.1) is 13.8 Å². The first kappa shape index (κ1) is 9.86. The molecule has 0 saturated carbocycles. The van der Waals surface area contributed by atoms with Gasteiger partial charge in [-0.3, -0.25) is 0 Å². The predicted molar refractivity (Wildman–Crippen MR) is 58.7 cm³/mol. The minimum Gasteiger partial charge on any atom is -0.324 e. The maximum Gasteiger partial charge on any atom is 0.164 e. The maximum atomic E-state index is 5.47. The lowest BCUT2D eigenvalue weighted by Gasteiger charge is -2.05. The van der Waals surface area contributed by atoms with Gasteiger partial charge in [0.15, 0.2) is 5.82 Å². The number of nitrogens with two attached hydrogens (primary N) is 1. The molecule has 15 heavy (non-hydrogen) atoms. The molecule has 2 N–H and O–H groups in total. The van der Waals surface area contributed by atoms with Crippen LogP contribution in [0.15, 0.2) is 24.5 Å². The molecule has 0 aliphatic heterocycles. The van der Waals surface area contributed by atoms with Crippen LogP contribution < -0.4 is 5.73 Å². The second kappa shape index (κ2) is 3.82. The minimum absolute atomic E-state index is 0.373. The average molecular weight is 202 g/mol. The van der Waals surface area contributed by atoms with E-state index in [0.29, 0.717) is 12.4 Å². The normalized spacial score (nSPS) is 10.6. The van der Waals surface area contributed by atoms with Gasteiger partial charge in [0.2, 0.25) is 0 Å². The summed E-state index contributed by atoms with van der Waals surface area (Å²) in [6, 6.07) is 6.23. The third kappa shape index (κ3) is 1.89. The van der Waals surface area contributed by atoms with Gasteiger partial charge in [-0.2, -0.15) is 0 Å². The Hall–Kier alpha value is -1.68. The van der Waals surface area contributed by atoms with E-state index in [9.17, 15) is 0 Å². The van der Waals surface area contributed by atoms with Crippen molar-refractivity contribution in [2.24, 2.45) is 5.73 Å². The van der Waals surface area contributed by atoms with Crippen molar-refractivity contribution < 1.29 is 0 Å². The highest BCUT2D eigenvalue weighted by molar-refractivity contribution is 5.41. The van der Waals surface area contributed by atoms with Crippen molar-refractivity contribution in [3.63, 3.8) is 0 Å². The SMILES string of the molecule is Cc1ccc(-n2cnc(CN)n2)c(C)c1. The third-order valence-electron chi connectivity index (χ3n) is 2.32. The van der Waals surface area contributed by atoms with E-state index >= 15 is 0 Å². The van der Waals surface area contributed by atoms with Crippen LogP contribution in [0.3, 0.4) is 0 Å². The van der Waals surface area contributed by atoms with Crippen LogP contribution in [0.5, 0.6) is 0 Å². The Kier molecular flexibility index (Phi) is 2.51. The second-order valence-corrected chi connectivity index (χ2v) is 3.60. The summed E-state index contributed by atoms with van der Waals surface area (Å²) in [5.41, 5.74) is 8.94. The summed E-state index contributed by atoms with van der Waals surface area (Å²) in [5, 5.41) is 4.27. The van der Waals surface area contributed by atoms with E-state index < -0.39 is 0 Å². The Morgan fingerprint density at radius 1 is 1.33 bits per heavy atom. The van der Waals surface area contributed by atoms with Gasteiger partial charge in [-0.1, -0.05) is 17.7 Å². The Morgan fingerprint density at radius 2 is 2.13 bits per heavy atom. The van der Waals surface area contributed by atoms with Gasteiger partial charge in [0.05, 0.1) is 12.2 Å². The molecule has 2 aromatic rings. The number of aryl methyl sites for hydroxylation is 2. The third-order valence-corrected chi connectivity index (χ3v) is 2.32. The molecule has 0 saturated heterocycles. The molecule has 0 aliphatic rings. The predicted octanol–water partition coefficient (Wildman–Crippen LogP) is 1.34. The number of benzene rings is 1. The largest absolute Gasteiger partial charge is 0.324 e. The van der Waals surface area contributed by atoms with Crippen LogP contribution in [0.2, 0.25) is 0 Å². The van der Waals surface area contributed by atoms with Crippen LogP contribution >= 0.6 is 0 Å². The van der Waals surface area contributed by atoms with Gasteiger partial charge in [0, 0.05) is 0 Å². The highest BCUT2D eigenvalue weighted by Crippen LogP contribution is 2.14. The van der Waals surface area contributed by atoms with E-state index in [4.69, 9.17) is 5.73 Å². The van der Waals surface area contributed by atoms with E-state index in [2.05, 4.69) is 36.1 Å². The monoisotopic (exact) mass is 202 g/mol. The molecule has 1 heterocycles. The van der Waals surface area contributed by atoms with Crippen molar-refractivity contribution >= 4 is 0 Å². The molecule has 4 heteroatoms. The Bertz CT molecular complexity index is 473. The summed E-state index contributed by atoms with van der Waals surface area (Å²) in [4.78, 5) is 4.10. The second-order valence-electron chi connectivity index (χ2n) is 3.60. The quantitative estimate of drug-likeness (QED) is 0.799. The standard InChI is InChI=1S/C11H14N4/c1-8-3-4-10(9(2)5-8)15-7-13-11(6-12)14-15/h3-5,7H,6,12H2,1-2H3. The number of rotatable bonds is 2. The summed E-state index contributed by atoms with van der Waals surface area (Å²) in [6.07, 6.45) is 1.69. The van der Waals surface area contributed by atoms with Gasteiger partial charge in [0.25, 0.3) is 0 Å². The van der Waals surface area contributed by atoms with Crippen molar-refractivity contribution in [2.45, 2.75) is 20.4 Å². The molecule has 2 rings (SSSR count). The summed E-state index contributed by atoms with van der Waals surface area (Å²) in [7, 11) is 0. The van der Waals surface area contributed by atoms with Crippen LogP contribution in [-0.4, -0.2) is 14.8 Å². The lowest BCUT2D eigenvalue weighted by molar-refractivity contribution is 0.825. The molecular formula is C11H14N4. The fraction of sp³-hybridized carbons (Fsp3) is 0.273. The number of nitrogens with zero attached hydrogens (tertiary/aromatic N) is 3. The molecule has 0 fully saturated rings. The zero-order chi connectivity index (χ0) is 10.8. The van der Waals surface area contributed by atoms with Crippen molar-refractivity contribution in [1.29, 1.82) is 0 Å². The lowest BCUT2D eigenvalue weighted by Crippen LogP contribution is -2.02. The number of hydrogen-bond donors (Lipinski definition) is 1. The summed E-state index contributed by atoms with van der Waals surface area (Å²) in [5.74, 6) is 0.662. The smallest absolute Gasteiger partial charge is 0.164 e. The minimum atomic E-state index is 0.373. The highest BCUT2D eigenvalue weighted by Gasteiger charge is 2.03. The molecular weight excluding hydrogens is 188 g/mol. The molecule has 0 radical (unpaired) electrons. The van der Waals surface area contributed by atoms with Gasteiger partial charge in [-0.25, -0.2) is 9.67 Å². The first-order valence-corrected chi connectivity index (χ1v) is 4.89. The molecule has 1 aromatic carbocycles. The van der Waals surface area contributed by atoms with E-state index in [1.807, 2.05) is 6.07 Å². The van der Waals surface area contributed by atoms with Gasteiger partial charge in [-0.05, 0) is 25.5 Å². The molecule has 0 bridgehead atoms. The first-order chi connectivity index (χ1) is 7.20. The fourth-order valence-electron chi connectivity index (χ4n) is 1.57. The molecule has 78 valence electrons. The number of aromatic nitrogens is 3. The maximum absolute atomic E-state index is 5.47. The van der Waals surface area contributed by atoms with Crippen LogP contribution in [-0.2, 0) is 6.54 Å². The first-order valence-electron chi connectivity index (χ1n) is 4.89. The summed E-state index contributed by atoms with van der Waals surface area (Å²) < 4.78 is 1.76. The summed E-state index contributed by atoms with van der Waals surface area (Å²) in [6.45, 7) is 4.51. The van der Waals surface area contributed by atoms with Crippen molar-refractivity contribution in [2.75, 3.05) is 0 Å². The van der Waals surface area contributed by atoms with Gasteiger partial charge >= 0.3 is 0 Å². The molecule has 0 spiro atoms. The zero-order valence-corrected chi connectivity index (χ0v) is 8.94. The molecule has 0 unspecified atom stereocenters. The van der Waals surface area contributed by atoms with Crippen molar-refractivity contribution in [3.05, 3.63) is 41.5 Å². The summed E-state index contributed by atoms with van der Waals surface area (Å²) >= 11 is 0. The zero-order valence-electron chi connectivity index (χ0n) is 8.94. The van der Waals surface area contributed by atoms with E-state index in [-0.39, 0.29) is 0 Å². The fourth-order valence-corrected chi connectivity index (χ4v) is 1.57. The number of hydrogen-bond acceptors (Lipinski definition) is 3. The van der Waals surface area contributed by atoms with Gasteiger partial charge in [0.1, 0.15) is 6.33 Å². The molecule has 0 amide bonds. The van der Waals surface area contributed by atoms with Crippen LogP contribution in [0.4, 0.5) is 0 Å². The molecule has 0 aliphatic carbocycles. The van der Waals surface area contributed by atoms with Gasteiger partial charge in [-0.15, -0.1) is 5.10 Å². The van der Waals surface area contributed by atoms with E-state index in [1.165, 1.54) is 11.1 Å². The Balaban J connectivity index is 2.44. The Morgan fingerprint density at radius 3 is 2.73 bits per heavy atom. The van der Waals surface area contributed by atoms with Crippen LogP contribution in [0.1, 0.15) is 17.0 Å². The van der Waals surface area contributed by atoms with E-state index in [0.717, 1.165) is 5.69 Å². The molecule has 4 nitrogen and oxygen atoms in total. The van der Waals surface area contributed by atoms with Crippen molar-refractivity contribution in [1.82, 2.24) is 14.8 Å². The molecule has 1 aromatic heterocycles. The van der Waals surface area contributed by atoms with Crippen molar-refractivity contribution in [3.8, 4) is 5.69 Å². The average Bonchev–Trinajstić information content (AvgIpc) is 2.66. The lowest BCUT2D eigenvalue weighted by atomic mass is 10.1. The van der Waals surface area contributed by atoms with E-state index in [1.54, 1.807) is 11.0 Å². The highest BCUT2D eigenvalue weighted by atomic mass is 15.3. The molecule has 0 atom stereocenters. The topological polar surface area (TPSA) is 56.7 Å².